The molecule has 0 saturated heterocycles. The molecular formula is C15H19N3O2S. The molecule has 0 fully saturated rings. The van der Waals surface area contributed by atoms with Crippen molar-refractivity contribution in [2.45, 2.75) is 13.3 Å². The first-order chi connectivity index (χ1) is 10.2. The molecule has 0 aliphatic rings. The second kappa shape index (κ2) is 7.75. The monoisotopic (exact) mass is 305 g/mol. The first kappa shape index (κ1) is 15.5. The molecule has 21 heavy (non-hydrogen) atoms. The summed E-state index contributed by atoms with van der Waals surface area (Å²) in [6.07, 6.45) is 0.766. The van der Waals surface area contributed by atoms with Crippen LogP contribution in [0.25, 0.3) is 10.6 Å². The fraction of sp³-hybridized carbons (Fsp3) is 0.333. The summed E-state index contributed by atoms with van der Waals surface area (Å²) in [6.45, 7) is 3.73. The number of hydrogen-bond donors (Lipinski definition) is 2. The van der Waals surface area contributed by atoms with Crippen molar-refractivity contribution in [1.29, 1.82) is 0 Å². The number of nitrogens with one attached hydrogen (secondary N) is 1. The summed E-state index contributed by atoms with van der Waals surface area (Å²) in [5.41, 5.74) is 6.81. The molecule has 0 aliphatic heterocycles. The Balaban J connectivity index is 2.03. The highest BCUT2D eigenvalue weighted by atomic mass is 32.1. The van der Waals surface area contributed by atoms with Crippen LogP contribution in [0.3, 0.4) is 0 Å². The first-order valence-electron chi connectivity index (χ1n) is 6.91. The molecule has 0 atom stereocenters. The van der Waals surface area contributed by atoms with Crippen LogP contribution >= 0.6 is 11.3 Å². The number of hydrogen-bond acceptors (Lipinski definition) is 5. The molecule has 0 bridgehead atoms. The largest absolute Gasteiger partial charge is 0.494 e. The maximum absolute atomic E-state index is 11.9. The molecule has 1 aromatic carbocycles. The third-order valence-electron chi connectivity index (χ3n) is 2.82. The molecule has 1 heterocycles. The number of aromatic nitrogens is 1. The molecule has 0 unspecified atom stereocenters. The predicted octanol–water partition coefficient (Wildman–Crippen LogP) is 2.29. The van der Waals surface area contributed by atoms with Crippen LogP contribution in [0, 0.1) is 0 Å². The maximum atomic E-state index is 11.9. The molecule has 1 aromatic heterocycles. The van der Waals surface area contributed by atoms with Gasteiger partial charge >= 0.3 is 0 Å². The van der Waals surface area contributed by atoms with Gasteiger partial charge in [0.1, 0.15) is 16.5 Å². The van der Waals surface area contributed by atoms with Gasteiger partial charge in [-0.15, -0.1) is 11.3 Å². The number of rotatable bonds is 7. The van der Waals surface area contributed by atoms with Crippen LogP contribution in [0.5, 0.6) is 5.75 Å². The topological polar surface area (TPSA) is 77.2 Å². The zero-order chi connectivity index (χ0) is 15.1. The second-order valence-corrected chi connectivity index (χ2v) is 5.25. The van der Waals surface area contributed by atoms with Crippen LogP contribution in [0.4, 0.5) is 0 Å². The number of amides is 1. The zero-order valence-corrected chi connectivity index (χ0v) is 12.8. The number of ether oxygens (including phenoxy) is 1. The van der Waals surface area contributed by atoms with Crippen molar-refractivity contribution >= 4 is 17.2 Å². The smallest absolute Gasteiger partial charge is 0.270 e. The Morgan fingerprint density at radius 3 is 2.81 bits per heavy atom. The van der Waals surface area contributed by atoms with Gasteiger partial charge in [0, 0.05) is 17.5 Å². The molecular weight excluding hydrogens is 286 g/mol. The molecule has 112 valence electrons. The summed E-state index contributed by atoms with van der Waals surface area (Å²) in [5, 5.41) is 5.38. The highest BCUT2D eigenvalue weighted by molar-refractivity contribution is 7.13. The van der Waals surface area contributed by atoms with E-state index in [4.69, 9.17) is 10.5 Å². The van der Waals surface area contributed by atoms with Crippen LogP contribution in [0.1, 0.15) is 23.8 Å². The highest BCUT2D eigenvalue weighted by Gasteiger charge is 2.11. The average molecular weight is 305 g/mol. The van der Waals surface area contributed by atoms with E-state index in [-0.39, 0.29) is 5.91 Å². The fourth-order valence-electron chi connectivity index (χ4n) is 1.77. The minimum Gasteiger partial charge on any atom is -0.494 e. The number of benzene rings is 1. The highest BCUT2D eigenvalue weighted by Crippen LogP contribution is 2.25. The summed E-state index contributed by atoms with van der Waals surface area (Å²) < 4.78 is 5.40. The van der Waals surface area contributed by atoms with E-state index in [1.807, 2.05) is 31.2 Å². The lowest BCUT2D eigenvalue weighted by Gasteiger charge is -2.03. The summed E-state index contributed by atoms with van der Waals surface area (Å²) in [5.74, 6) is 0.675. The minimum atomic E-state index is -0.156. The van der Waals surface area contributed by atoms with E-state index in [0.29, 0.717) is 25.4 Å². The van der Waals surface area contributed by atoms with Gasteiger partial charge in [-0.1, -0.05) is 0 Å². The second-order valence-electron chi connectivity index (χ2n) is 4.39. The van der Waals surface area contributed by atoms with E-state index >= 15 is 0 Å². The van der Waals surface area contributed by atoms with Gasteiger partial charge in [0.05, 0.1) is 6.61 Å². The molecule has 2 aromatic rings. The quantitative estimate of drug-likeness (QED) is 0.769. The molecule has 2 rings (SSSR count). The van der Waals surface area contributed by atoms with Gasteiger partial charge in [-0.2, -0.15) is 0 Å². The van der Waals surface area contributed by atoms with Gasteiger partial charge in [-0.05, 0) is 44.2 Å². The van der Waals surface area contributed by atoms with E-state index in [1.165, 1.54) is 11.3 Å². The lowest BCUT2D eigenvalue weighted by atomic mass is 10.2. The van der Waals surface area contributed by atoms with E-state index in [1.54, 1.807) is 5.38 Å². The summed E-state index contributed by atoms with van der Waals surface area (Å²) in [6, 6.07) is 7.70. The standard InChI is InChI=1S/C15H19N3O2S/c1-2-20-12-6-4-11(5-7-12)15-18-13(10-21-15)14(19)17-9-3-8-16/h4-7,10H,2-3,8-9,16H2,1H3,(H,17,19). The summed E-state index contributed by atoms with van der Waals surface area (Å²) in [4.78, 5) is 16.2. The van der Waals surface area contributed by atoms with Gasteiger partial charge in [0.25, 0.3) is 5.91 Å². The normalized spacial score (nSPS) is 10.4. The maximum Gasteiger partial charge on any atom is 0.270 e. The van der Waals surface area contributed by atoms with Crippen molar-refractivity contribution in [2.24, 2.45) is 5.73 Å². The molecule has 3 N–H and O–H groups in total. The van der Waals surface area contributed by atoms with Crippen molar-refractivity contribution < 1.29 is 9.53 Å². The van der Waals surface area contributed by atoms with Gasteiger partial charge < -0.3 is 15.8 Å². The van der Waals surface area contributed by atoms with Crippen LogP contribution in [0.15, 0.2) is 29.6 Å². The molecule has 5 nitrogen and oxygen atoms in total. The molecule has 6 heteroatoms. The average Bonchev–Trinajstić information content (AvgIpc) is 2.98. The van der Waals surface area contributed by atoms with Crippen LogP contribution in [-0.2, 0) is 0 Å². The van der Waals surface area contributed by atoms with E-state index in [0.717, 1.165) is 22.7 Å². The van der Waals surface area contributed by atoms with Gasteiger partial charge in [-0.25, -0.2) is 4.98 Å². The Bertz CT molecular complexity index is 581. The Morgan fingerprint density at radius 1 is 1.38 bits per heavy atom. The Labute approximate surface area is 128 Å². The first-order valence-corrected chi connectivity index (χ1v) is 7.79. The Morgan fingerprint density at radius 2 is 2.14 bits per heavy atom. The summed E-state index contributed by atoms with van der Waals surface area (Å²) >= 11 is 1.45. The van der Waals surface area contributed by atoms with Crippen molar-refractivity contribution in [2.75, 3.05) is 19.7 Å². The van der Waals surface area contributed by atoms with Crippen molar-refractivity contribution in [3.05, 3.63) is 35.3 Å². The molecule has 0 saturated carbocycles. The molecule has 1 amide bonds. The Kier molecular flexibility index (Phi) is 5.71. The number of nitrogens with two attached hydrogens (primary N) is 1. The third kappa shape index (κ3) is 4.27. The van der Waals surface area contributed by atoms with E-state index < -0.39 is 0 Å². The van der Waals surface area contributed by atoms with E-state index in [9.17, 15) is 4.79 Å². The molecule has 0 radical (unpaired) electrons. The fourth-order valence-corrected chi connectivity index (χ4v) is 2.57. The third-order valence-corrected chi connectivity index (χ3v) is 3.71. The van der Waals surface area contributed by atoms with E-state index in [2.05, 4.69) is 10.3 Å². The number of thiazole rings is 1. The number of nitrogens with zero attached hydrogens (tertiary/aromatic N) is 1. The zero-order valence-electron chi connectivity index (χ0n) is 12.0. The SMILES string of the molecule is CCOc1ccc(-c2nc(C(=O)NCCCN)cs2)cc1. The number of carbonyl (C=O) groups is 1. The van der Waals surface area contributed by atoms with Crippen molar-refractivity contribution in [3.63, 3.8) is 0 Å². The lowest BCUT2D eigenvalue weighted by Crippen LogP contribution is -2.26. The van der Waals surface area contributed by atoms with Gasteiger partial charge in [-0.3, -0.25) is 4.79 Å². The Hall–Kier alpha value is -1.92. The van der Waals surface area contributed by atoms with Crippen LogP contribution in [0.2, 0.25) is 0 Å². The number of carbonyl (C=O) groups excluding carboxylic acids is 1. The lowest BCUT2D eigenvalue weighted by molar-refractivity contribution is 0.0949. The minimum absolute atomic E-state index is 0.156. The summed E-state index contributed by atoms with van der Waals surface area (Å²) in [7, 11) is 0. The predicted molar refractivity (Wildman–Crippen MR) is 84.7 cm³/mol. The van der Waals surface area contributed by atoms with Gasteiger partial charge in [0.15, 0.2) is 0 Å². The molecule has 0 spiro atoms. The van der Waals surface area contributed by atoms with Crippen LogP contribution < -0.4 is 15.8 Å². The van der Waals surface area contributed by atoms with Crippen molar-refractivity contribution in [1.82, 2.24) is 10.3 Å². The van der Waals surface area contributed by atoms with Crippen molar-refractivity contribution in [3.8, 4) is 16.3 Å². The van der Waals surface area contributed by atoms with Crippen LogP contribution in [-0.4, -0.2) is 30.6 Å². The molecule has 0 aliphatic carbocycles. The van der Waals surface area contributed by atoms with Gasteiger partial charge in [0.2, 0.25) is 0 Å².